The Kier molecular flexibility index (Phi) is 5.20. The molecule has 0 amide bonds. The standard InChI is InChI=1S/C15H25N3O2/c1-12(19)13-5-9-17(10-6-13)7-2-8-18-11-14(16)3-4-15(18)20/h3-4,11-13,19H,2,5-10,16H2,1H3. The van der Waals surface area contributed by atoms with Crippen LogP contribution >= 0.6 is 0 Å². The number of aromatic nitrogens is 1. The molecule has 1 aromatic heterocycles. The number of nitrogen functional groups attached to an aromatic ring is 1. The molecule has 20 heavy (non-hydrogen) atoms. The zero-order valence-electron chi connectivity index (χ0n) is 12.2. The predicted molar refractivity (Wildman–Crippen MR) is 80.6 cm³/mol. The first-order valence-corrected chi connectivity index (χ1v) is 7.42. The third kappa shape index (κ3) is 4.08. The number of likely N-dealkylation sites (tertiary alicyclic amines) is 1. The third-order valence-electron chi connectivity index (χ3n) is 4.19. The number of aryl methyl sites for hydroxylation is 1. The van der Waals surface area contributed by atoms with E-state index in [-0.39, 0.29) is 11.7 Å². The van der Waals surface area contributed by atoms with Crippen LogP contribution in [0.1, 0.15) is 26.2 Å². The highest BCUT2D eigenvalue weighted by Gasteiger charge is 2.21. The van der Waals surface area contributed by atoms with Crippen LogP contribution in [0.25, 0.3) is 0 Å². The van der Waals surface area contributed by atoms with Crippen LogP contribution in [0, 0.1) is 5.92 Å². The number of hydrogen-bond donors (Lipinski definition) is 2. The summed E-state index contributed by atoms with van der Waals surface area (Å²) in [5, 5.41) is 9.58. The molecular formula is C15H25N3O2. The highest BCUT2D eigenvalue weighted by atomic mass is 16.3. The Hall–Kier alpha value is -1.33. The smallest absolute Gasteiger partial charge is 0.250 e. The lowest BCUT2D eigenvalue weighted by Crippen LogP contribution is -2.38. The number of anilines is 1. The summed E-state index contributed by atoms with van der Waals surface area (Å²) in [6.45, 7) is 5.67. The summed E-state index contributed by atoms with van der Waals surface area (Å²) in [6.07, 6.45) is 4.60. The van der Waals surface area contributed by atoms with Gasteiger partial charge in [0, 0.05) is 24.5 Å². The molecule has 1 aliphatic rings. The normalized spacial score (nSPS) is 19.1. The molecule has 1 fully saturated rings. The van der Waals surface area contributed by atoms with Crippen LogP contribution in [0.2, 0.25) is 0 Å². The number of nitrogens with zero attached hydrogens (tertiary/aromatic N) is 2. The van der Waals surface area contributed by atoms with Crippen LogP contribution in [0.15, 0.2) is 23.1 Å². The minimum atomic E-state index is -0.192. The van der Waals surface area contributed by atoms with Crippen molar-refractivity contribution >= 4 is 5.69 Å². The molecule has 0 spiro atoms. The summed E-state index contributed by atoms with van der Waals surface area (Å²) in [6, 6.07) is 3.16. The van der Waals surface area contributed by atoms with Crippen molar-refractivity contribution in [2.45, 2.75) is 38.8 Å². The van der Waals surface area contributed by atoms with Gasteiger partial charge >= 0.3 is 0 Å². The fraction of sp³-hybridized carbons (Fsp3) is 0.667. The predicted octanol–water partition coefficient (Wildman–Crippen LogP) is 0.913. The Morgan fingerprint density at radius 3 is 2.70 bits per heavy atom. The van der Waals surface area contributed by atoms with E-state index >= 15 is 0 Å². The van der Waals surface area contributed by atoms with Gasteiger partial charge in [-0.15, -0.1) is 0 Å². The van der Waals surface area contributed by atoms with E-state index in [1.54, 1.807) is 16.8 Å². The molecule has 0 saturated carbocycles. The van der Waals surface area contributed by atoms with Crippen molar-refractivity contribution in [2.75, 3.05) is 25.4 Å². The summed E-state index contributed by atoms with van der Waals surface area (Å²) >= 11 is 0. The number of hydrogen-bond acceptors (Lipinski definition) is 4. The lowest BCUT2D eigenvalue weighted by atomic mass is 9.92. The van der Waals surface area contributed by atoms with Crippen molar-refractivity contribution < 1.29 is 5.11 Å². The van der Waals surface area contributed by atoms with E-state index in [0.717, 1.165) is 38.9 Å². The minimum absolute atomic E-state index is 0.00649. The highest BCUT2D eigenvalue weighted by Crippen LogP contribution is 2.20. The van der Waals surface area contributed by atoms with Crippen LogP contribution in [0.3, 0.4) is 0 Å². The zero-order chi connectivity index (χ0) is 14.5. The summed E-state index contributed by atoms with van der Waals surface area (Å²) in [5.74, 6) is 0.447. The number of nitrogens with two attached hydrogens (primary N) is 1. The van der Waals surface area contributed by atoms with Crippen LogP contribution in [0.4, 0.5) is 5.69 Å². The maximum absolute atomic E-state index is 11.6. The fourth-order valence-electron chi connectivity index (χ4n) is 2.85. The van der Waals surface area contributed by atoms with E-state index in [0.29, 0.717) is 18.2 Å². The second-order valence-electron chi connectivity index (χ2n) is 5.77. The Balaban J connectivity index is 1.74. The number of aliphatic hydroxyl groups is 1. The van der Waals surface area contributed by atoms with Gasteiger partial charge in [0.25, 0.3) is 5.56 Å². The zero-order valence-corrected chi connectivity index (χ0v) is 12.2. The molecule has 0 bridgehead atoms. The molecule has 112 valence electrons. The Labute approximate surface area is 120 Å². The molecule has 1 unspecified atom stereocenters. The van der Waals surface area contributed by atoms with Crippen LogP contribution in [-0.2, 0) is 6.54 Å². The molecule has 2 heterocycles. The van der Waals surface area contributed by atoms with E-state index in [1.165, 1.54) is 6.07 Å². The van der Waals surface area contributed by atoms with Gasteiger partial charge in [-0.1, -0.05) is 0 Å². The number of aliphatic hydroxyl groups excluding tert-OH is 1. The minimum Gasteiger partial charge on any atom is -0.398 e. The first-order valence-electron chi connectivity index (χ1n) is 7.42. The van der Waals surface area contributed by atoms with Gasteiger partial charge in [0.1, 0.15) is 0 Å². The van der Waals surface area contributed by atoms with Crippen molar-refractivity contribution in [3.05, 3.63) is 28.7 Å². The lowest BCUT2D eigenvalue weighted by Gasteiger charge is -2.33. The van der Waals surface area contributed by atoms with Crippen molar-refractivity contribution in [2.24, 2.45) is 5.92 Å². The van der Waals surface area contributed by atoms with Gasteiger partial charge in [-0.05, 0) is 57.8 Å². The van der Waals surface area contributed by atoms with E-state index < -0.39 is 0 Å². The quantitative estimate of drug-likeness (QED) is 0.840. The first-order chi connectivity index (χ1) is 9.56. The van der Waals surface area contributed by atoms with Crippen molar-refractivity contribution in [1.82, 2.24) is 9.47 Å². The largest absolute Gasteiger partial charge is 0.398 e. The molecule has 1 aromatic rings. The molecule has 2 rings (SSSR count). The van der Waals surface area contributed by atoms with Gasteiger partial charge in [-0.3, -0.25) is 4.79 Å². The Morgan fingerprint density at radius 1 is 1.35 bits per heavy atom. The summed E-state index contributed by atoms with van der Waals surface area (Å²) in [5.41, 5.74) is 6.33. The van der Waals surface area contributed by atoms with Crippen molar-refractivity contribution in [3.63, 3.8) is 0 Å². The highest BCUT2D eigenvalue weighted by molar-refractivity contribution is 5.33. The van der Waals surface area contributed by atoms with Gasteiger partial charge < -0.3 is 20.3 Å². The lowest BCUT2D eigenvalue weighted by molar-refractivity contribution is 0.0711. The van der Waals surface area contributed by atoms with Gasteiger partial charge in [-0.2, -0.15) is 0 Å². The Bertz CT molecular complexity index is 476. The van der Waals surface area contributed by atoms with Gasteiger partial charge in [0.15, 0.2) is 0 Å². The summed E-state index contributed by atoms with van der Waals surface area (Å²) in [7, 11) is 0. The van der Waals surface area contributed by atoms with Gasteiger partial charge in [-0.25, -0.2) is 0 Å². The van der Waals surface area contributed by atoms with Gasteiger partial charge in [0.2, 0.25) is 0 Å². The average molecular weight is 279 g/mol. The molecule has 0 aromatic carbocycles. The summed E-state index contributed by atoms with van der Waals surface area (Å²) in [4.78, 5) is 14.1. The molecule has 1 saturated heterocycles. The van der Waals surface area contributed by atoms with Crippen molar-refractivity contribution in [1.29, 1.82) is 0 Å². The van der Waals surface area contributed by atoms with Crippen molar-refractivity contribution in [3.8, 4) is 0 Å². The Morgan fingerprint density at radius 2 is 2.05 bits per heavy atom. The third-order valence-corrected chi connectivity index (χ3v) is 4.19. The molecule has 1 atom stereocenters. The van der Waals surface area contributed by atoms with E-state index in [2.05, 4.69) is 4.90 Å². The molecule has 5 nitrogen and oxygen atoms in total. The number of rotatable bonds is 5. The first kappa shape index (κ1) is 15.1. The SMILES string of the molecule is CC(O)C1CCN(CCCn2cc(N)ccc2=O)CC1. The second kappa shape index (κ2) is 6.90. The summed E-state index contributed by atoms with van der Waals surface area (Å²) < 4.78 is 1.68. The molecule has 1 aliphatic heterocycles. The fourth-order valence-corrected chi connectivity index (χ4v) is 2.85. The second-order valence-corrected chi connectivity index (χ2v) is 5.77. The maximum Gasteiger partial charge on any atom is 0.250 e. The molecular weight excluding hydrogens is 254 g/mol. The van der Waals surface area contributed by atoms with Crippen LogP contribution in [-0.4, -0.2) is 40.3 Å². The van der Waals surface area contributed by atoms with E-state index in [1.807, 2.05) is 6.92 Å². The number of piperidine rings is 1. The average Bonchev–Trinajstić information content (AvgIpc) is 2.43. The molecule has 3 N–H and O–H groups in total. The maximum atomic E-state index is 11.6. The monoisotopic (exact) mass is 279 g/mol. The molecule has 0 aliphatic carbocycles. The topological polar surface area (TPSA) is 71.5 Å². The number of pyridine rings is 1. The van der Waals surface area contributed by atoms with E-state index in [9.17, 15) is 9.90 Å². The van der Waals surface area contributed by atoms with Gasteiger partial charge in [0.05, 0.1) is 6.10 Å². The molecule has 0 radical (unpaired) electrons. The molecule has 5 heteroatoms. The van der Waals surface area contributed by atoms with Crippen LogP contribution in [0.5, 0.6) is 0 Å². The van der Waals surface area contributed by atoms with Crippen LogP contribution < -0.4 is 11.3 Å². The van der Waals surface area contributed by atoms with E-state index in [4.69, 9.17) is 5.73 Å².